The van der Waals surface area contributed by atoms with Crippen molar-refractivity contribution in [3.63, 3.8) is 0 Å². The molecule has 2 aromatic rings. The second-order valence-corrected chi connectivity index (χ2v) is 4.88. The molecule has 0 fully saturated rings. The lowest BCUT2D eigenvalue weighted by molar-refractivity contribution is 0.561. The van der Waals surface area contributed by atoms with E-state index in [-0.39, 0.29) is 0 Å². The number of halogens is 1. The van der Waals surface area contributed by atoms with Gasteiger partial charge in [0, 0.05) is 13.0 Å². The maximum absolute atomic E-state index is 5.28. The van der Waals surface area contributed by atoms with Gasteiger partial charge in [0.25, 0.3) is 0 Å². The van der Waals surface area contributed by atoms with Crippen molar-refractivity contribution in [2.45, 2.75) is 6.92 Å². The smallest absolute Gasteiger partial charge is 0.193 e. The highest BCUT2D eigenvalue weighted by Gasteiger charge is 2.04. The topological polar surface area (TPSA) is 26.0 Å². The summed E-state index contributed by atoms with van der Waals surface area (Å²) in [7, 11) is 0. The molecule has 0 radical (unpaired) electrons. The maximum atomic E-state index is 5.28. The van der Waals surface area contributed by atoms with E-state index in [0.29, 0.717) is 0 Å². The number of thiophene rings is 1. The minimum absolute atomic E-state index is 0.748. The van der Waals surface area contributed by atoms with Crippen molar-refractivity contribution in [3.8, 4) is 0 Å². The highest BCUT2D eigenvalue weighted by molar-refractivity contribution is 14.1. The molecule has 0 bridgehead atoms. The first-order valence-corrected chi connectivity index (χ1v) is 4.68. The molecule has 0 aliphatic carbocycles. The second-order valence-electron chi connectivity index (χ2n) is 1.95. The number of fused-ring (bicyclic) bond motifs is 1. The number of nitrogens with zero attached hydrogens (tertiary/aromatic N) is 1. The van der Waals surface area contributed by atoms with E-state index in [1.165, 1.54) is 2.88 Å². The fourth-order valence-corrected chi connectivity index (χ4v) is 2.45. The molecule has 0 N–H and O–H groups in total. The Morgan fingerprint density at radius 3 is 3.20 bits per heavy atom. The lowest BCUT2D eigenvalue weighted by Gasteiger charge is -1.74. The van der Waals surface area contributed by atoms with E-state index in [2.05, 4.69) is 27.6 Å². The van der Waals surface area contributed by atoms with Crippen LogP contribution in [0, 0.1) is 9.81 Å². The van der Waals surface area contributed by atoms with Crippen molar-refractivity contribution in [2.75, 3.05) is 0 Å². The Morgan fingerprint density at radius 2 is 2.50 bits per heavy atom. The van der Waals surface area contributed by atoms with Gasteiger partial charge < -0.3 is 4.42 Å². The van der Waals surface area contributed by atoms with E-state index < -0.39 is 0 Å². The normalized spacial score (nSPS) is 11.0. The Bertz CT molecular complexity index is 302. The number of aromatic nitrogens is 1. The van der Waals surface area contributed by atoms with Crippen LogP contribution in [0.3, 0.4) is 0 Å². The Kier molecular flexibility index (Phi) is 1.45. The Hall–Kier alpha value is -0.100. The maximum Gasteiger partial charge on any atom is 0.193 e. The number of rotatable bonds is 0. The molecule has 2 rings (SSSR count). The third-order valence-electron chi connectivity index (χ3n) is 1.17. The van der Waals surface area contributed by atoms with Gasteiger partial charge in [0.2, 0.25) is 0 Å². The summed E-state index contributed by atoms with van der Waals surface area (Å²) in [5, 5.41) is 0. The summed E-state index contributed by atoms with van der Waals surface area (Å²) in [6.07, 6.45) is 0. The van der Waals surface area contributed by atoms with Gasteiger partial charge in [-0.25, -0.2) is 4.98 Å². The third-order valence-corrected chi connectivity index (χ3v) is 2.94. The summed E-state index contributed by atoms with van der Waals surface area (Å²) in [6, 6.07) is 2.00. The van der Waals surface area contributed by atoms with Crippen LogP contribution in [0.1, 0.15) is 5.89 Å². The van der Waals surface area contributed by atoms with Crippen LogP contribution in [0.15, 0.2) is 10.5 Å². The van der Waals surface area contributed by atoms with E-state index in [1.807, 2.05) is 13.0 Å². The molecule has 0 saturated carbocycles. The first-order valence-electron chi connectivity index (χ1n) is 2.78. The molecule has 0 unspecified atom stereocenters. The van der Waals surface area contributed by atoms with Crippen LogP contribution in [-0.2, 0) is 0 Å². The summed E-state index contributed by atoms with van der Waals surface area (Å²) < 4.78 is 6.50. The van der Waals surface area contributed by atoms with Crippen LogP contribution in [0.4, 0.5) is 0 Å². The largest absolute Gasteiger partial charge is 0.440 e. The molecule has 10 heavy (non-hydrogen) atoms. The monoisotopic (exact) mass is 265 g/mol. The highest BCUT2D eigenvalue weighted by atomic mass is 127. The second kappa shape index (κ2) is 2.20. The number of hydrogen-bond acceptors (Lipinski definition) is 3. The summed E-state index contributed by atoms with van der Waals surface area (Å²) in [6.45, 7) is 1.86. The molecule has 2 nitrogen and oxygen atoms in total. The van der Waals surface area contributed by atoms with E-state index in [0.717, 1.165) is 16.3 Å². The zero-order valence-corrected chi connectivity index (χ0v) is 8.19. The van der Waals surface area contributed by atoms with Crippen molar-refractivity contribution in [2.24, 2.45) is 0 Å². The Morgan fingerprint density at radius 1 is 1.70 bits per heavy atom. The lowest BCUT2D eigenvalue weighted by Crippen LogP contribution is -1.62. The van der Waals surface area contributed by atoms with Crippen LogP contribution in [0.5, 0.6) is 0 Å². The van der Waals surface area contributed by atoms with Crippen LogP contribution in [0.2, 0.25) is 0 Å². The average Bonchev–Trinajstić information content (AvgIpc) is 2.21. The summed E-state index contributed by atoms with van der Waals surface area (Å²) in [5.41, 5.74) is 0.909. The van der Waals surface area contributed by atoms with Crippen LogP contribution in [-0.4, -0.2) is 4.98 Å². The quantitative estimate of drug-likeness (QED) is 0.684. The zero-order chi connectivity index (χ0) is 7.14. The van der Waals surface area contributed by atoms with Gasteiger partial charge in [-0.2, -0.15) is 0 Å². The summed E-state index contributed by atoms with van der Waals surface area (Å²) in [5.74, 6) is 0.748. The highest BCUT2D eigenvalue weighted by Crippen LogP contribution is 2.26. The van der Waals surface area contributed by atoms with Crippen LogP contribution in [0.25, 0.3) is 10.4 Å². The standard InChI is InChI=1S/C6H4INOS/c1-3-8-6-4(9-3)2-5(7)10-6/h2H,1H3. The van der Waals surface area contributed by atoms with Gasteiger partial charge in [-0.3, -0.25) is 0 Å². The molecule has 4 heteroatoms. The van der Waals surface area contributed by atoms with E-state index in [4.69, 9.17) is 4.42 Å². The van der Waals surface area contributed by atoms with Crippen LogP contribution >= 0.6 is 33.9 Å². The van der Waals surface area contributed by atoms with Gasteiger partial charge in [0.15, 0.2) is 16.3 Å². The number of aryl methyl sites for hydroxylation is 1. The fraction of sp³-hybridized carbons (Fsp3) is 0.167. The molecule has 0 aliphatic rings. The first-order chi connectivity index (χ1) is 4.75. The summed E-state index contributed by atoms with van der Waals surface area (Å²) in [4.78, 5) is 5.18. The molecule has 2 aromatic heterocycles. The minimum atomic E-state index is 0.748. The molecular weight excluding hydrogens is 261 g/mol. The Labute approximate surface area is 75.4 Å². The van der Waals surface area contributed by atoms with E-state index in [9.17, 15) is 0 Å². The molecule has 0 saturated heterocycles. The van der Waals surface area contributed by atoms with Crippen molar-refractivity contribution in [1.82, 2.24) is 4.98 Å². The minimum Gasteiger partial charge on any atom is -0.440 e. The van der Waals surface area contributed by atoms with Gasteiger partial charge in [-0.15, -0.1) is 11.3 Å². The fourth-order valence-electron chi connectivity index (χ4n) is 0.813. The van der Waals surface area contributed by atoms with Gasteiger partial charge >= 0.3 is 0 Å². The van der Waals surface area contributed by atoms with Crippen molar-refractivity contribution < 1.29 is 4.42 Å². The van der Waals surface area contributed by atoms with Gasteiger partial charge in [0.1, 0.15) is 0 Å². The van der Waals surface area contributed by atoms with Gasteiger partial charge in [-0.1, -0.05) is 0 Å². The molecule has 0 aromatic carbocycles. The molecular formula is C6H4INOS. The average molecular weight is 265 g/mol. The van der Waals surface area contributed by atoms with Crippen LogP contribution < -0.4 is 0 Å². The molecule has 0 atom stereocenters. The van der Waals surface area contributed by atoms with Crippen molar-refractivity contribution in [1.29, 1.82) is 0 Å². The lowest BCUT2D eigenvalue weighted by atomic mass is 10.6. The van der Waals surface area contributed by atoms with Crippen molar-refractivity contribution in [3.05, 3.63) is 14.8 Å². The van der Waals surface area contributed by atoms with Crippen molar-refractivity contribution >= 4 is 44.3 Å². The predicted molar refractivity (Wildman–Crippen MR) is 49.3 cm³/mol. The zero-order valence-electron chi connectivity index (χ0n) is 5.22. The summed E-state index contributed by atoms with van der Waals surface area (Å²) >= 11 is 3.91. The number of oxazole rings is 1. The van der Waals surface area contributed by atoms with Gasteiger partial charge in [0.05, 0.1) is 2.88 Å². The first kappa shape index (κ1) is 6.60. The Balaban J connectivity index is 2.83. The number of hydrogen-bond donors (Lipinski definition) is 0. The van der Waals surface area contributed by atoms with E-state index in [1.54, 1.807) is 11.3 Å². The van der Waals surface area contributed by atoms with E-state index >= 15 is 0 Å². The SMILES string of the molecule is Cc1nc2sc(I)cc2o1. The molecule has 0 aliphatic heterocycles. The molecule has 2 heterocycles. The molecule has 0 amide bonds. The van der Waals surface area contributed by atoms with Gasteiger partial charge in [-0.05, 0) is 22.6 Å². The molecule has 0 spiro atoms. The third kappa shape index (κ3) is 0.950. The molecule has 52 valence electrons. The predicted octanol–water partition coefficient (Wildman–Crippen LogP) is 2.80.